The summed E-state index contributed by atoms with van der Waals surface area (Å²) in [6.45, 7) is 6.17. The number of carbonyl (C=O) groups excluding carboxylic acids is 1. The van der Waals surface area contributed by atoms with E-state index in [1.807, 2.05) is 13.8 Å². The summed E-state index contributed by atoms with van der Waals surface area (Å²) in [6, 6.07) is 0. The van der Waals surface area contributed by atoms with Crippen molar-refractivity contribution in [3.8, 4) is 0 Å². The van der Waals surface area contributed by atoms with Crippen LogP contribution in [0.1, 0.15) is 20.8 Å². The minimum absolute atomic E-state index is 0.145. The molecule has 1 rings (SSSR count). The van der Waals surface area contributed by atoms with Crippen molar-refractivity contribution in [3.05, 3.63) is 11.6 Å². The molecule has 0 aromatic rings. The van der Waals surface area contributed by atoms with Gasteiger partial charge in [-0.05, 0) is 12.5 Å². The van der Waals surface area contributed by atoms with Gasteiger partial charge in [-0.3, -0.25) is 4.79 Å². The van der Waals surface area contributed by atoms with Gasteiger partial charge in [0.2, 0.25) is 0 Å². The third-order valence-corrected chi connectivity index (χ3v) is 2.77. The molecule has 14 heavy (non-hydrogen) atoms. The smallest absolute Gasteiger partial charge is 0.313 e. The van der Waals surface area contributed by atoms with Gasteiger partial charge >= 0.3 is 5.97 Å². The zero-order valence-corrected chi connectivity index (χ0v) is 10.0. The van der Waals surface area contributed by atoms with Crippen molar-refractivity contribution in [1.29, 1.82) is 0 Å². The number of hydrogen-bond donors (Lipinski definition) is 0. The maximum atomic E-state index is 11.5. The Bertz CT molecular complexity index is 269. The molecule has 1 aliphatic carbocycles. The Morgan fingerprint density at radius 3 is 2.64 bits per heavy atom. The Morgan fingerprint density at radius 1 is 1.64 bits per heavy atom. The third-order valence-electron chi connectivity index (χ3n) is 2.52. The summed E-state index contributed by atoms with van der Waals surface area (Å²) in [5, 5.41) is 0. The zero-order valence-electron chi connectivity index (χ0n) is 8.51. The second-order valence-corrected chi connectivity index (χ2v) is 5.03. The van der Waals surface area contributed by atoms with Gasteiger partial charge in [-0.15, -0.1) is 23.2 Å². The van der Waals surface area contributed by atoms with Crippen LogP contribution in [0.2, 0.25) is 0 Å². The molecule has 0 saturated heterocycles. The maximum absolute atomic E-state index is 11.5. The van der Waals surface area contributed by atoms with Crippen LogP contribution in [0.15, 0.2) is 11.6 Å². The number of rotatable bonds is 3. The van der Waals surface area contributed by atoms with E-state index in [9.17, 15) is 4.79 Å². The van der Waals surface area contributed by atoms with Crippen molar-refractivity contribution >= 4 is 29.2 Å². The van der Waals surface area contributed by atoms with Gasteiger partial charge in [0.25, 0.3) is 0 Å². The lowest BCUT2D eigenvalue weighted by Crippen LogP contribution is -2.09. The first-order valence-corrected chi connectivity index (χ1v) is 5.45. The van der Waals surface area contributed by atoms with Gasteiger partial charge in [0.1, 0.15) is 4.84 Å². The van der Waals surface area contributed by atoms with Crippen LogP contribution in [0.3, 0.4) is 0 Å². The average Bonchev–Trinajstić information content (AvgIpc) is 2.52. The van der Waals surface area contributed by atoms with Gasteiger partial charge in [0, 0.05) is 5.41 Å². The molecule has 1 saturated carbocycles. The molecule has 0 amide bonds. The molecule has 0 aromatic carbocycles. The highest BCUT2D eigenvalue weighted by Crippen LogP contribution is 2.58. The highest BCUT2D eigenvalue weighted by atomic mass is 35.5. The van der Waals surface area contributed by atoms with E-state index in [1.165, 1.54) is 0 Å². The maximum Gasteiger partial charge on any atom is 0.313 e. The highest BCUT2D eigenvalue weighted by Gasteiger charge is 2.57. The molecule has 1 aliphatic rings. The normalized spacial score (nSPS) is 26.7. The van der Waals surface area contributed by atoms with E-state index < -0.39 is 4.84 Å². The molecule has 80 valence electrons. The predicted octanol–water partition coefficient (Wildman–Crippen LogP) is 2.94. The highest BCUT2D eigenvalue weighted by molar-refractivity contribution is 6.45. The van der Waals surface area contributed by atoms with Crippen LogP contribution in [0.25, 0.3) is 0 Å². The van der Waals surface area contributed by atoms with Crippen molar-refractivity contribution in [1.82, 2.24) is 0 Å². The van der Waals surface area contributed by atoms with Crippen LogP contribution in [0.5, 0.6) is 0 Å². The average molecular weight is 237 g/mol. The molecule has 0 aromatic heterocycles. The number of alkyl halides is 2. The number of esters is 1. The Balaban J connectivity index is 2.71. The van der Waals surface area contributed by atoms with Gasteiger partial charge < -0.3 is 4.74 Å². The van der Waals surface area contributed by atoms with Gasteiger partial charge in [-0.1, -0.05) is 19.9 Å². The summed E-state index contributed by atoms with van der Waals surface area (Å²) in [4.78, 5) is 10.9. The van der Waals surface area contributed by atoms with Crippen LogP contribution in [0, 0.1) is 11.3 Å². The van der Waals surface area contributed by atoms with Gasteiger partial charge in [0.15, 0.2) is 0 Å². The van der Waals surface area contributed by atoms with Crippen molar-refractivity contribution in [2.24, 2.45) is 11.3 Å². The fraction of sp³-hybridized carbons (Fsp3) is 0.700. The molecule has 0 spiro atoms. The Morgan fingerprint density at radius 2 is 2.21 bits per heavy atom. The van der Waals surface area contributed by atoms with E-state index in [1.54, 1.807) is 13.0 Å². The van der Waals surface area contributed by atoms with Crippen molar-refractivity contribution in [2.75, 3.05) is 6.61 Å². The summed E-state index contributed by atoms with van der Waals surface area (Å²) in [7, 11) is 0. The third kappa shape index (κ3) is 2.23. The lowest BCUT2D eigenvalue weighted by molar-refractivity contribution is -0.145. The molecule has 1 atom stereocenters. The summed E-state index contributed by atoms with van der Waals surface area (Å²) in [6.07, 6.45) is 1.71. The zero-order chi connectivity index (χ0) is 10.9. The standard InChI is InChI=1S/C10H14Cl2O2/c1-4-14-9(13)8-6(5-7(11)12)10(8,2)3/h5,7-8H,4H2,1-3H3. The van der Waals surface area contributed by atoms with Crippen LogP contribution in [-0.4, -0.2) is 17.4 Å². The van der Waals surface area contributed by atoms with E-state index in [0.29, 0.717) is 6.61 Å². The number of carbonyl (C=O) groups is 1. The first-order valence-electron chi connectivity index (χ1n) is 4.58. The van der Waals surface area contributed by atoms with E-state index in [4.69, 9.17) is 27.9 Å². The molecule has 0 N–H and O–H groups in total. The van der Waals surface area contributed by atoms with Gasteiger partial charge in [-0.25, -0.2) is 0 Å². The largest absolute Gasteiger partial charge is 0.466 e. The monoisotopic (exact) mass is 236 g/mol. The molecule has 1 unspecified atom stereocenters. The Kier molecular flexibility index (Phi) is 3.49. The molecule has 1 fully saturated rings. The van der Waals surface area contributed by atoms with E-state index in [2.05, 4.69) is 0 Å². The second-order valence-electron chi connectivity index (χ2n) is 3.86. The molecule has 0 aliphatic heterocycles. The topological polar surface area (TPSA) is 26.3 Å². The van der Waals surface area contributed by atoms with E-state index in [0.717, 1.165) is 5.57 Å². The van der Waals surface area contributed by atoms with Gasteiger partial charge in [0.05, 0.1) is 12.5 Å². The van der Waals surface area contributed by atoms with Crippen molar-refractivity contribution < 1.29 is 9.53 Å². The van der Waals surface area contributed by atoms with Crippen LogP contribution in [-0.2, 0) is 9.53 Å². The number of halogens is 2. The van der Waals surface area contributed by atoms with Crippen LogP contribution in [0.4, 0.5) is 0 Å². The molecule has 0 heterocycles. The molecule has 4 heteroatoms. The van der Waals surface area contributed by atoms with E-state index >= 15 is 0 Å². The molecule has 2 nitrogen and oxygen atoms in total. The molecular weight excluding hydrogens is 223 g/mol. The first kappa shape index (κ1) is 11.9. The Hall–Kier alpha value is -0.210. The number of hydrogen-bond acceptors (Lipinski definition) is 2. The quantitative estimate of drug-likeness (QED) is 0.428. The molecular formula is C10H14Cl2O2. The van der Waals surface area contributed by atoms with Crippen molar-refractivity contribution in [3.63, 3.8) is 0 Å². The fourth-order valence-electron chi connectivity index (χ4n) is 1.67. The minimum atomic E-state index is -0.552. The lowest BCUT2D eigenvalue weighted by Gasteiger charge is -2.00. The summed E-state index contributed by atoms with van der Waals surface area (Å²) < 4.78 is 4.95. The van der Waals surface area contributed by atoms with Crippen molar-refractivity contribution in [2.45, 2.75) is 25.6 Å². The summed E-state index contributed by atoms with van der Waals surface area (Å²) in [5.74, 6) is -0.347. The van der Waals surface area contributed by atoms with Gasteiger partial charge in [-0.2, -0.15) is 0 Å². The fourth-order valence-corrected chi connectivity index (χ4v) is 1.95. The molecule has 0 radical (unpaired) electrons. The van der Waals surface area contributed by atoms with Crippen LogP contribution < -0.4 is 0 Å². The Labute approximate surface area is 94.2 Å². The first-order chi connectivity index (χ1) is 6.41. The summed E-state index contributed by atoms with van der Waals surface area (Å²) in [5.41, 5.74) is 0.833. The number of allylic oxidation sites excluding steroid dienone is 1. The predicted molar refractivity (Wildman–Crippen MR) is 57.5 cm³/mol. The lowest BCUT2D eigenvalue weighted by atomic mass is 10.1. The minimum Gasteiger partial charge on any atom is -0.466 e. The SMILES string of the molecule is CCOC(=O)C1C(=CC(Cl)Cl)C1(C)C. The van der Waals surface area contributed by atoms with Crippen LogP contribution >= 0.6 is 23.2 Å². The molecule has 0 bridgehead atoms. The second kappa shape index (κ2) is 4.11. The number of ether oxygens (including phenoxy) is 1. The van der Waals surface area contributed by atoms with E-state index in [-0.39, 0.29) is 17.3 Å². The summed E-state index contributed by atoms with van der Waals surface area (Å²) >= 11 is 11.2.